The van der Waals surface area contributed by atoms with Crippen LogP contribution in [0.1, 0.15) is 5.56 Å². The summed E-state index contributed by atoms with van der Waals surface area (Å²) in [6.07, 6.45) is 1.88. The molecule has 2 rings (SSSR count). The number of hydrogen-bond acceptors (Lipinski definition) is 2. The highest BCUT2D eigenvalue weighted by Gasteiger charge is 2.12. The fourth-order valence-corrected chi connectivity index (χ4v) is 1.51. The third-order valence-electron chi connectivity index (χ3n) is 1.98. The maximum Gasteiger partial charge on any atom is 0.128 e. The molecule has 0 amide bonds. The lowest BCUT2D eigenvalue weighted by Crippen LogP contribution is -2.09. The predicted molar refractivity (Wildman–Crippen MR) is 52.0 cm³/mol. The van der Waals surface area contributed by atoms with Gasteiger partial charge in [-0.25, -0.2) is 0 Å². The van der Waals surface area contributed by atoms with Crippen molar-refractivity contribution in [3.05, 3.63) is 34.4 Å². The quantitative estimate of drug-likeness (QED) is 0.746. The van der Waals surface area contributed by atoms with E-state index in [2.05, 4.69) is 0 Å². The van der Waals surface area contributed by atoms with Gasteiger partial charge in [0.2, 0.25) is 0 Å². The average molecular weight is 197 g/mol. The normalized spacial score (nSPS) is 14.5. The number of hydrogen-bond donors (Lipinski definition) is 1. The van der Waals surface area contributed by atoms with E-state index in [9.17, 15) is 0 Å². The van der Waals surface area contributed by atoms with E-state index in [1.165, 1.54) is 0 Å². The SMILES string of the molecule is OCC1=Cc2c(Cl)cccc2OC1. The molecule has 0 spiro atoms. The first-order valence-corrected chi connectivity index (χ1v) is 4.40. The minimum absolute atomic E-state index is 0.0185. The summed E-state index contributed by atoms with van der Waals surface area (Å²) in [6, 6.07) is 5.52. The van der Waals surface area contributed by atoms with E-state index in [0.717, 1.165) is 16.9 Å². The summed E-state index contributed by atoms with van der Waals surface area (Å²) in [5.41, 5.74) is 1.71. The number of fused-ring (bicyclic) bond motifs is 1. The van der Waals surface area contributed by atoms with Gasteiger partial charge in [0.1, 0.15) is 12.4 Å². The number of benzene rings is 1. The molecule has 0 fully saturated rings. The second-order valence-electron chi connectivity index (χ2n) is 2.90. The maximum atomic E-state index is 8.92. The van der Waals surface area contributed by atoms with Crippen molar-refractivity contribution in [2.75, 3.05) is 13.2 Å². The van der Waals surface area contributed by atoms with Crippen LogP contribution in [0.25, 0.3) is 6.08 Å². The van der Waals surface area contributed by atoms with Crippen molar-refractivity contribution in [3.63, 3.8) is 0 Å². The van der Waals surface area contributed by atoms with Crippen LogP contribution in [-0.4, -0.2) is 18.3 Å². The van der Waals surface area contributed by atoms with Gasteiger partial charge in [-0.1, -0.05) is 17.7 Å². The van der Waals surface area contributed by atoms with Crippen molar-refractivity contribution in [2.24, 2.45) is 0 Å². The van der Waals surface area contributed by atoms with Gasteiger partial charge in [0.25, 0.3) is 0 Å². The Hall–Kier alpha value is -0.990. The molecule has 68 valence electrons. The zero-order valence-electron chi connectivity index (χ0n) is 6.96. The van der Waals surface area contributed by atoms with Crippen LogP contribution in [-0.2, 0) is 0 Å². The molecule has 0 unspecified atom stereocenters. The van der Waals surface area contributed by atoms with Gasteiger partial charge in [-0.05, 0) is 23.8 Å². The fraction of sp³-hybridized carbons (Fsp3) is 0.200. The van der Waals surface area contributed by atoms with E-state index in [-0.39, 0.29) is 6.61 Å². The zero-order chi connectivity index (χ0) is 9.26. The van der Waals surface area contributed by atoms with Crippen molar-refractivity contribution >= 4 is 17.7 Å². The molecule has 1 N–H and O–H groups in total. The van der Waals surface area contributed by atoms with Crippen LogP contribution in [0.4, 0.5) is 0 Å². The Bertz CT molecular complexity index is 358. The number of ether oxygens (including phenoxy) is 1. The van der Waals surface area contributed by atoms with Gasteiger partial charge in [0.15, 0.2) is 0 Å². The van der Waals surface area contributed by atoms with Crippen LogP contribution in [0.2, 0.25) is 5.02 Å². The minimum atomic E-state index is 0.0185. The molecule has 1 aromatic rings. The molecule has 13 heavy (non-hydrogen) atoms. The predicted octanol–water partition coefficient (Wildman–Crippen LogP) is 2.11. The highest BCUT2D eigenvalue weighted by atomic mass is 35.5. The monoisotopic (exact) mass is 196 g/mol. The number of rotatable bonds is 1. The Balaban J connectivity index is 2.49. The van der Waals surface area contributed by atoms with E-state index in [1.807, 2.05) is 18.2 Å². The summed E-state index contributed by atoms with van der Waals surface area (Å²) >= 11 is 5.96. The fourth-order valence-electron chi connectivity index (χ4n) is 1.29. The smallest absolute Gasteiger partial charge is 0.128 e. The van der Waals surface area contributed by atoms with Gasteiger partial charge in [0.05, 0.1) is 11.6 Å². The molecule has 1 heterocycles. The minimum Gasteiger partial charge on any atom is -0.488 e. The molecule has 0 aliphatic carbocycles. The van der Waals surface area contributed by atoms with E-state index in [0.29, 0.717) is 11.6 Å². The number of aliphatic hydroxyl groups excluding tert-OH is 1. The zero-order valence-corrected chi connectivity index (χ0v) is 7.71. The van der Waals surface area contributed by atoms with Gasteiger partial charge < -0.3 is 9.84 Å². The Morgan fingerprint density at radius 1 is 1.46 bits per heavy atom. The second kappa shape index (κ2) is 3.40. The molecule has 1 aliphatic rings. The molecule has 1 aliphatic heterocycles. The van der Waals surface area contributed by atoms with Gasteiger partial charge in [-0.2, -0.15) is 0 Å². The molecule has 1 aromatic carbocycles. The van der Waals surface area contributed by atoms with Crippen LogP contribution in [0.3, 0.4) is 0 Å². The molecular weight excluding hydrogens is 188 g/mol. The summed E-state index contributed by atoms with van der Waals surface area (Å²) in [5, 5.41) is 9.57. The summed E-state index contributed by atoms with van der Waals surface area (Å²) in [6.45, 7) is 0.467. The molecule has 0 radical (unpaired) electrons. The lowest BCUT2D eigenvalue weighted by Gasteiger charge is -2.17. The van der Waals surface area contributed by atoms with Gasteiger partial charge in [-0.3, -0.25) is 0 Å². The van der Waals surface area contributed by atoms with Crippen LogP contribution in [0.15, 0.2) is 23.8 Å². The lowest BCUT2D eigenvalue weighted by atomic mass is 10.1. The standard InChI is InChI=1S/C10H9ClO2/c11-9-2-1-3-10-8(9)4-7(5-12)6-13-10/h1-4,12H,5-6H2. The Kier molecular flexibility index (Phi) is 2.25. The van der Waals surface area contributed by atoms with Gasteiger partial charge >= 0.3 is 0 Å². The molecule has 0 saturated heterocycles. The van der Waals surface area contributed by atoms with Crippen LogP contribution >= 0.6 is 11.6 Å². The highest BCUT2D eigenvalue weighted by Crippen LogP contribution is 2.31. The first kappa shape index (κ1) is 8.60. The van der Waals surface area contributed by atoms with Crippen molar-refractivity contribution in [2.45, 2.75) is 0 Å². The van der Waals surface area contributed by atoms with Gasteiger partial charge in [0, 0.05) is 5.56 Å². The largest absolute Gasteiger partial charge is 0.488 e. The van der Waals surface area contributed by atoms with E-state index < -0.39 is 0 Å². The Morgan fingerprint density at radius 2 is 2.31 bits per heavy atom. The van der Waals surface area contributed by atoms with Crippen LogP contribution < -0.4 is 4.74 Å². The molecule has 3 heteroatoms. The molecule has 0 aromatic heterocycles. The van der Waals surface area contributed by atoms with E-state index in [1.54, 1.807) is 6.07 Å². The molecule has 0 bridgehead atoms. The maximum absolute atomic E-state index is 8.92. The molecule has 2 nitrogen and oxygen atoms in total. The third kappa shape index (κ3) is 1.55. The van der Waals surface area contributed by atoms with Crippen molar-refractivity contribution in [3.8, 4) is 5.75 Å². The summed E-state index contributed by atoms with van der Waals surface area (Å²) in [4.78, 5) is 0. The summed E-state index contributed by atoms with van der Waals surface area (Å²) < 4.78 is 5.40. The third-order valence-corrected chi connectivity index (χ3v) is 2.31. The lowest BCUT2D eigenvalue weighted by molar-refractivity contribution is 0.285. The van der Waals surface area contributed by atoms with Gasteiger partial charge in [-0.15, -0.1) is 0 Å². The van der Waals surface area contributed by atoms with Crippen molar-refractivity contribution < 1.29 is 9.84 Å². The van der Waals surface area contributed by atoms with Crippen LogP contribution in [0.5, 0.6) is 5.75 Å². The first-order chi connectivity index (χ1) is 6.31. The summed E-state index contributed by atoms with van der Waals surface area (Å²) in [5.74, 6) is 0.782. The second-order valence-corrected chi connectivity index (χ2v) is 3.31. The number of aliphatic hydroxyl groups is 1. The number of halogens is 1. The van der Waals surface area contributed by atoms with Crippen molar-refractivity contribution in [1.82, 2.24) is 0 Å². The molecule has 0 atom stereocenters. The Labute approximate surface area is 81.4 Å². The first-order valence-electron chi connectivity index (χ1n) is 4.03. The molecular formula is C10H9ClO2. The van der Waals surface area contributed by atoms with Crippen molar-refractivity contribution in [1.29, 1.82) is 0 Å². The summed E-state index contributed by atoms with van der Waals surface area (Å²) in [7, 11) is 0. The Morgan fingerprint density at radius 3 is 3.08 bits per heavy atom. The molecule has 0 saturated carbocycles. The highest BCUT2D eigenvalue weighted by molar-refractivity contribution is 6.32. The van der Waals surface area contributed by atoms with Crippen LogP contribution in [0, 0.1) is 0 Å². The average Bonchev–Trinajstić information content (AvgIpc) is 2.18. The van der Waals surface area contributed by atoms with E-state index in [4.69, 9.17) is 21.4 Å². The topological polar surface area (TPSA) is 29.5 Å². The van der Waals surface area contributed by atoms with E-state index >= 15 is 0 Å².